The molecule has 1 fully saturated rings. The van der Waals surface area contributed by atoms with Gasteiger partial charge in [-0.05, 0) is 55.0 Å². The van der Waals surface area contributed by atoms with Crippen LogP contribution in [-0.2, 0) is 0 Å². The van der Waals surface area contributed by atoms with Crippen molar-refractivity contribution in [1.29, 1.82) is 0 Å². The maximum absolute atomic E-state index is 14.2. The lowest BCUT2D eigenvalue weighted by molar-refractivity contribution is 0.0783. The predicted octanol–water partition coefficient (Wildman–Crippen LogP) is 4.47. The third kappa shape index (κ3) is 3.47. The molecule has 0 radical (unpaired) electrons. The van der Waals surface area contributed by atoms with Crippen molar-refractivity contribution in [2.75, 3.05) is 20.2 Å². The van der Waals surface area contributed by atoms with Crippen LogP contribution in [0.25, 0.3) is 22.6 Å². The molecule has 1 saturated heterocycles. The molecule has 0 N–H and O–H groups in total. The van der Waals surface area contributed by atoms with Crippen LogP contribution < -0.4 is 4.74 Å². The van der Waals surface area contributed by atoms with E-state index >= 15 is 0 Å². The first kappa shape index (κ1) is 20.1. The number of carbonyl (C=O) groups is 1. The van der Waals surface area contributed by atoms with E-state index < -0.39 is 17.5 Å². The van der Waals surface area contributed by atoms with E-state index in [0.717, 1.165) is 40.4 Å². The van der Waals surface area contributed by atoms with Crippen LogP contribution in [0.1, 0.15) is 22.8 Å². The van der Waals surface area contributed by atoms with Gasteiger partial charge in [0.2, 0.25) is 0 Å². The second-order valence-corrected chi connectivity index (χ2v) is 7.70. The molecule has 0 bridgehead atoms. The largest absolute Gasteiger partial charge is 0.497 e. The highest BCUT2D eigenvalue weighted by Gasteiger charge is 2.32. The van der Waals surface area contributed by atoms with Crippen molar-refractivity contribution in [3.05, 3.63) is 78.0 Å². The fourth-order valence-corrected chi connectivity index (χ4v) is 4.19. The minimum absolute atomic E-state index is 0.0838. The minimum Gasteiger partial charge on any atom is -0.497 e. The van der Waals surface area contributed by atoms with Gasteiger partial charge >= 0.3 is 0 Å². The zero-order valence-corrected chi connectivity index (χ0v) is 17.3. The number of nitrogens with zero attached hydrogens (tertiary/aromatic N) is 4. The van der Waals surface area contributed by atoms with Gasteiger partial charge in [0, 0.05) is 30.9 Å². The second kappa shape index (κ2) is 8.03. The van der Waals surface area contributed by atoms with E-state index in [1.54, 1.807) is 18.2 Å². The average molecular weight is 434 g/mol. The molecular formula is C24H20F2N4O2. The van der Waals surface area contributed by atoms with Gasteiger partial charge in [0.15, 0.2) is 5.65 Å². The summed E-state index contributed by atoms with van der Waals surface area (Å²) in [6, 6.07) is 14.3. The molecule has 3 heterocycles. The lowest BCUT2D eigenvalue weighted by Crippen LogP contribution is -2.30. The zero-order chi connectivity index (χ0) is 22.2. The average Bonchev–Trinajstić information content (AvgIpc) is 3.43. The summed E-state index contributed by atoms with van der Waals surface area (Å²) in [7, 11) is 1.61. The lowest BCUT2D eigenvalue weighted by atomic mass is 10.1. The summed E-state index contributed by atoms with van der Waals surface area (Å²) >= 11 is 0. The Morgan fingerprint density at radius 1 is 1.12 bits per heavy atom. The van der Waals surface area contributed by atoms with E-state index in [0.29, 0.717) is 19.5 Å². The molecule has 0 spiro atoms. The molecule has 8 heteroatoms. The van der Waals surface area contributed by atoms with Gasteiger partial charge in [0.05, 0.1) is 18.7 Å². The van der Waals surface area contributed by atoms with Crippen LogP contribution in [0, 0.1) is 11.6 Å². The van der Waals surface area contributed by atoms with Crippen LogP contribution in [0.5, 0.6) is 5.75 Å². The first-order valence-corrected chi connectivity index (χ1v) is 10.3. The maximum atomic E-state index is 14.2. The lowest BCUT2D eigenvalue weighted by Gasteiger charge is -2.19. The van der Waals surface area contributed by atoms with Crippen molar-refractivity contribution in [2.45, 2.75) is 12.5 Å². The zero-order valence-electron chi connectivity index (χ0n) is 17.3. The van der Waals surface area contributed by atoms with E-state index in [1.807, 2.05) is 41.0 Å². The molecule has 1 atom stereocenters. The minimum atomic E-state index is -0.855. The molecule has 32 heavy (non-hydrogen) atoms. The van der Waals surface area contributed by atoms with Gasteiger partial charge in [0.1, 0.15) is 28.7 Å². The number of imidazole rings is 1. The predicted molar refractivity (Wildman–Crippen MR) is 115 cm³/mol. The number of aromatic nitrogens is 3. The molecule has 0 saturated carbocycles. The van der Waals surface area contributed by atoms with Crippen molar-refractivity contribution in [1.82, 2.24) is 19.4 Å². The van der Waals surface area contributed by atoms with Gasteiger partial charge in [-0.25, -0.2) is 18.7 Å². The Balaban J connectivity index is 1.50. The fourth-order valence-electron chi connectivity index (χ4n) is 4.19. The molecule has 4 aromatic rings. The summed E-state index contributed by atoms with van der Waals surface area (Å²) in [6.45, 7) is 0.829. The first-order valence-electron chi connectivity index (χ1n) is 10.3. The van der Waals surface area contributed by atoms with Crippen LogP contribution >= 0.6 is 0 Å². The number of amides is 1. The molecule has 1 unspecified atom stereocenters. The fraction of sp³-hybridized carbons (Fsp3) is 0.208. The Hall–Kier alpha value is -3.81. The SMILES string of the molecule is COc1ccc(-c2nc3cccnc3n2C2CCN(C(=O)c3ccc(F)cc3F)C2)cc1. The smallest absolute Gasteiger partial charge is 0.256 e. The maximum Gasteiger partial charge on any atom is 0.256 e. The number of ether oxygens (including phenoxy) is 1. The number of pyridine rings is 1. The molecule has 0 aliphatic carbocycles. The van der Waals surface area contributed by atoms with Gasteiger partial charge in [-0.3, -0.25) is 4.79 Å². The molecule has 162 valence electrons. The topological polar surface area (TPSA) is 60.3 Å². The van der Waals surface area contributed by atoms with E-state index in [2.05, 4.69) is 4.98 Å². The highest BCUT2D eigenvalue weighted by atomic mass is 19.1. The van der Waals surface area contributed by atoms with Gasteiger partial charge in [-0.2, -0.15) is 0 Å². The Labute approximate surface area is 183 Å². The molecule has 2 aromatic heterocycles. The quantitative estimate of drug-likeness (QED) is 0.476. The highest BCUT2D eigenvalue weighted by Crippen LogP contribution is 2.33. The van der Waals surface area contributed by atoms with Crippen LogP contribution in [0.3, 0.4) is 0 Å². The van der Waals surface area contributed by atoms with Crippen molar-refractivity contribution < 1.29 is 18.3 Å². The standard InChI is InChI=1S/C24H20F2N4O2/c1-32-18-7-4-15(5-8-18)22-28-21-3-2-11-27-23(21)30(22)17-10-12-29(14-17)24(31)19-9-6-16(25)13-20(19)26/h2-9,11,13,17H,10,12,14H2,1H3. The molecule has 1 aliphatic rings. The van der Waals surface area contributed by atoms with E-state index in [1.165, 1.54) is 6.07 Å². The highest BCUT2D eigenvalue weighted by molar-refractivity contribution is 5.94. The van der Waals surface area contributed by atoms with Crippen LogP contribution in [0.15, 0.2) is 60.8 Å². The molecule has 1 aliphatic heterocycles. The van der Waals surface area contributed by atoms with Gasteiger partial charge in [-0.1, -0.05) is 0 Å². The van der Waals surface area contributed by atoms with Crippen molar-refractivity contribution >= 4 is 17.1 Å². The van der Waals surface area contributed by atoms with Crippen LogP contribution in [0.4, 0.5) is 8.78 Å². The number of hydrogen-bond acceptors (Lipinski definition) is 4. The Bertz CT molecular complexity index is 1300. The monoisotopic (exact) mass is 434 g/mol. The summed E-state index contributed by atoms with van der Waals surface area (Å²) in [5.74, 6) is -0.527. The summed E-state index contributed by atoms with van der Waals surface area (Å²) in [6.07, 6.45) is 2.38. The van der Waals surface area contributed by atoms with Crippen LogP contribution in [0.2, 0.25) is 0 Å². The third-order valence-electron chi connectivity index (χ3n) is 5.77. The number of hydrogen-bond donors (Lipinski definition) is 0. The first-order chi connectivity index (χ1) is 15.5. The molecule has 2 aromatic carbocycles. The Morgan fingerprint density at radius 2 is 1.94 bits per heavy atom. The van der Waals surface area contributed by atoms with Crippen molar-refractivity contribution in [3.63, 3.8) is 0 Å². The second-order valence-electron chi connectivity index (χ2n) is 7.70. The van der Waals surface area contributed by atoms with Crippen molar-refractivity contribution in [3.8, 4) is 17.1 Å². The number of likely N-dealkylation sites (tertiary alicyclic amines) is 1. The summed E-state index contributed by atoms with van der Waals surface area (Å²) in [5.41, 5.74) is 2.26. The summed E-state index contributed by atoms with van der Waals surface area (Å²) in [5, 5.41) is 0. The van der Waals surface area contributed by atoms with Gasteiger partial charge in [0.25, 0.3) is 5.91 Å². The van der Waals surface area contributed by atoms with Crippen molar-refractivity contribution in [2.24, 2.45) is 0 Å². The molecule has 5 rings (SSSR count). The van der Waals surface area contributed by atoms with Crippen LogP contribution in [-0.4, -0.2) is 45.5 Å². The number of rotatable bonds is 4. The molecular weight excluding hydrogens is 414 g/mol. The number of carbonyl (C=O) groups excluding carboxylic acids is 1. The number of halogens is 2. The number of fused-ring (bicyclic) bond motifs is 1. The van der Waals surface area contributed by atoms with Gasteiger partial charge in [-0.15, -0.1) is 0 Å². The number of methoxy groups -OCH3 is 1. The number of benzene rings is 2. The molecule has 6 nitrogen and oxygen atoms in total. The molecule has 1 amide bonds. The third-order valence-corrected chi connectivity index (χ3v) is 5.77. The Morgan fingerprint density at radius 3 is 2.69 bits per heavy atom. The van der Waals surface area contributed by atoms with E-state index in [9.17, 15) is 13.6 Å². The van der Waals surface area contributed by atoms with E-state index in [-0.39, 0.29) is 11.6 Å². The summed E-state index contributed by atoms with van der Waals surface area (Å²) < 4.78 is 34.7. The normalized spacial score (nSPS) is 16.0. The Kier molecular flexibility index (Phi) is 5.05. The summed E-state index contributed by atoms with van der Waals surface area (Å²) in [4.78, 5) is 23.8. The van der Waals surface area contributed by atoms with Gasteiger partial charge < -0.3 is 14.2 Å². The van der Waals surface area contributed by atoms with E-state index in [4.69, 9.17) is 9.72 Å².